The van der Waals surface area contributed by atoms with Crippen LogP contribution in [0.3, 0.4) is 0 Å². The molecule has 10 nitrogen and oxygen atoms in total. The van der Waals surface area contributed by atoms with E-state index in [1.165, 1.54) is 20.3 Å². The molecule has 0 bridgehead atoms. The molecule has 1 atom stereocenters. The van der Waals surface area contributed by atoms with Crippen LogP contribution < -0.4 is 14.8 Å². The zero-order chi connectivity index (χ0) is 24.9. The number of nitrogens with zero attached hydrogens (tertiary/aromatic N) is 4. The molecule has 0 aliphatic heterocycles. The van der Waals surface area contributed by atoms with Crippen molar-refractivity contribution in [1.82, 2.24) is 25.1 Å². The van der Waals surface area contributed by atoms with Gasteiger partial charge in [0.2, 0.25) is 0 Å². The summed E-state index contributed by atoms with van der Waals surface area (Å²) in [4.78, 5) is 20.4. The Morgan fingerprint density at radius 2 is 2.06 bits per heavy atom. The zero-order valence-electron chi connectivity index (χ0n) is 19.4. The number of rotatable bonds is 8. The van der Waals surface area contributed by atoms with E-state index in [0.717, 1.165) is 16.5 Å². The number of aliphatic hydroxyl groups excluding tert-OH is 1. The standard InChI is InChI=1S/C25H24N6O4/c1-31-13-19(12-29-31)17-7-20-18(11-28-24(20)27-10-17)6-16(9-26)25(33)30-21(14-32)15-4-5-22(34-2)23(8-15)35-3/h4-8,10-13,21,32H,14H2,1-3H3,(H,27,28)(H,30,33)/b16-6+. The normalized spacial score (nSPS) is 12.3. The molecule has 3 aromatic heterocycles. The quantitative estimate of drug-likeness (QED) is 0.265. The van der Waals surface area contributed by atoms with Gasteiger partial charge in [0.25, 0.3) is 5.91 Å². The third-order valence-corrected chi connectivity index (χ3v) is 5.56. The van der Waals surface area contributed by atoms with E-state index >= 15 is 0 Å². The number of methoxy groups -OCH3 is 2. The van der Waals surface area contributed by atoms with E-state index in [4.69, 9.17) is 9.47 Å². The summed E-state index contributed by atoms with van der Waals surface area (Å²) in [5.41, 5.74) is 3.51. The van der Waals surface area contributed by atoms with Crippen LogP contribution in [0.25, 0.3) is 28.2 Å². The summed E-state index contributed by atoms with van der Waals surface area (Å²) in [5, 5.41) is 27.2. The van der Waals surface area contributed by atoms with E-state index in [-0.39, 0.29) is 12.2 Å². The van der Waals surface area contributed by atoms with Gasteiger partial charge >= 0.3 is 0 Å². The largest absolute Gasteiger partial charge is 0.493 e. The van der Waals surface area contributed by atoms with E-state index in [1.54, 1.807) is 41.5 Å². The third-order valence-electron chi connectivity index (χ3n) is 5.56. The first-order valence-corrected chi connectivity index (χ1v) is 10.7. The van der Waals surface area contributed by atoms with Gasteiger partial charge in [0.15, 0.2) is 11.5 Å². The number of amides is 1. The van der Waals surface area contributed by atoms with Gasteiger partial charge in [-0.2, -0.15) is 10.4 Å². The van der Waals surface area contributed by atoms with Crippen molar-refractivity contribution in [3.63, 3.8) is 0 Å². The van der Waals surface area contributed by atoms with Crippen LogP contribution in [0.5, 0.6) is 11.5 Å². The molecule has 0 saturated carbocycles. The number of nitrogens with one attached hydrogen (secondary N) is 2. The van der Waals surface area contributed by atoms with Gasteiger partial charge in [0.05, 0.1) is 33.1 Å². The van der Waals surface area contributed by atoms with Crippen molar-refractivity contribution in [3.05, 3.63) is 65.8 Å². The summed E-state index contributed by atoms with van der Waals surface area (Å²) in [6, 6.07) is 8.19. The van der Waals surface area contributed by atoms with Crippen LogP contribution in [0.15, 0.2) is 54.6 Å². The number of fused-ring (bicyclic) bond motifs is 1. The molecular formula is C25H24N6O4. The Hall–Kier alpha value is -4.62. The number of carbonyl (C=O) groups excluding carboxylic acids is 1. The zero-order valence-corrected chi connectivity index (χ0v) is 19.4. The Labute approximate surface area is 201 Å². The molecule has 178 valence electrons. The number of hydrogen-bond acceptors (Lipinski definition) is 7. The minimum atomic E-state index is -0.749. The SMILES string of the molecule is COc1ccc(C(CO)NC(=O)/C(C#N)=C/c2c[nH]c3ncc(-c4cnn(C)c4)cc23)cc1OC. The molecule has 3 N–H and O–H groups in total. The molecule has 1 aromatic carbocycles. The van der Waals surface area contributed by atoms with Crippen LogP contribution in [0.2, 0.25) is 0 Å². The average molecular weight is 473 g/mol. The fourth-order valence-electron chi connectivity index (χ4n) is 3.72. The number of aliphatic hydroxyl groups is 1. The predicted octanol–water partition coefficient (Wildman–Crippen LogP) is 2.74. The second-order valence-corrected chi connectivity index (χ2v) is 7.76. The van der Waals surface area contributed by atoms with Crippen molar-refractivity contribution >= 4 is 23.0 Å². The van der Waals surface area contributed by atoms with Crippen molar-refractivity contribution in [2.75, 3.05) is 20.8 Å². The number of pyridine rings is 1. The lowest BCUT2D eigenvalue weighted by Gasteiger charge is -2.18. The maximum absolute atomic E-state index is 12.9. The average Bonchev–Trinajstić information content (AvgIpc) is 3.50. The van der Waals surface area contributed by atoms with Crippen LogP contribution in [0.4, 0.5) is 0 Å². The molecule has 10 heteroatoms. The second kappa shape index (κ2) is 10.1. The number of benzene rings is 1. The molecule has 35 heavy (non-hydrogen) atoms. The molecule has 3 heterocycles. The highest BCUT2D eigenvalue weighted by molar-refractivity contribution is 6.04. The molecule has 1 unspecified atom stereocenters. The van der Waals surface area contributed by atoms with Crippen LogP contribution in [0, 0.1) is 11.3 Å². The topological polar surface area (TPSA) is 138 Å². The Morgan fingerprint density at radius 1 is 1.26 bits per heavy atom. The Bertz CT molecular complexity index is 1450. The molecular weight excluding hydrogens is 448 g/mol. The molecule has 4 aromatic rings. The van der Waals surface area contributed by atoms with E-state index in [1.807, 2.05) is 25.4 Å². The first-order valence-electron chi connectivity index (χ1n) is 10.7. The van der Waals surface area contributed by atoms with Gasteiger partial charge in [-0.05, 0) is 29.8 Å². The third kappa shape index (κ3) is 4.85. The lowest BCUT2D eigenvalue weighted by Crippen LogP contribution is -2.31. The summed E-state index contributed by atoms with van der Waals surface area (Å²) in [5.74, 6) is 0.368. The predicted molar refractivity (Wildman–Crippen MR) is 129 cm³/mol. The summed E-state index contributed by atoms with van der Waals surface area (Å²) < 4.78 is 12.2. The molecule has 0 saturated heterocycles. The van der Waals surface area contributed by atoms with E-state index in [2.05, 4.69) is 20.4 Å². The number of hydrogen-bond donors (Lipinski definition) is 3. The first kappa shape index (κ1) is 23.5. The first-order chi connectivity index (χ1) is 17.0. The molecule has 1 amide bonds. The number of nitriles is 1. The van der Waals surface area contributed by atoms with Crippen molar-refractivity contribution in [3.8, 4) is 28.7 Å². The highest BCUT2D eigenvalue weighted by Crippen LogP contribution is 2.30. The number of aromatic amines is 1. The molecule has 0 radical (unpaired) electrons. The Kier molecular flexibility index (Phi) is 6.80. The van der Waals surface area contributed by atoms with Crippen molar-refractivity contribution in [2.45, 2.75) is 6.04 Å². The molecule has 0 fully saturated rings. The van der Waals surface area contributed by atoms with E-state index in [9.17, 15) is 15.2 Å². The molecule has 0 spiro atoms. The summed E-state index contributed by atoms with van der Waals surface area (Å²) in [6.07, 6.45) is 8.53. The maximum atomic E-state index is 12.9. The monoisotopic (exact) mass is 472 g/mol. The molecule has 0 aliphatic rings. The van der Waals surface area contributed by atoms with Crippen molar-refractivity contribution in [1.29, 1.82) is 5.26 Å². The van der Waals surface area contributed by atoms with Crippen molar-refractivity contribution < 1.29 is 19.4 Å². The Balaban J connectivity index is 1.61. The van der Waals surface area contributed by atoms with Gasteiger partial charge in [-0.25, -0.2) is 4.98 Å². The lowest BCUT2D eigenvalue weighted by atomic mass is 10.0. The van der Waals surface area contributed by atoms with Gasteiger partial charge in [-0.3, -0.25) is 9.48 Å². The maximum Gasteiger partial charge on any atom is 0.262 e. The lowest BCUT2D eigenvalue weighted by molar-refractivity contribution is -0.118. The number of aryl methyl sites for hydroxylation is 1. The van der Waals surface area contributed by atoms with Crippen LogP contribution in [-0.2, 0) is 11.8 Å². The fourth-order valence-corrected chi connectivity index (χ4v) is 3.72. The smallest absolute Gasteiger partial charge is 0.262 e. The van der Waals surface area contributed by atoms with Gasteiger partial charge < -0.3 is 24.9 Å². The van der Waals surface area contributed by atoms with Gasteiger partial charge in [0.1, 0.15) is 17.3 Å². The van der Waals surface area contributed by atoms with Gasteiger partial charge in [-0.15, -0.1) is 0 Å². The summed E-state index contributed by atoms with van der Waals surface area (Å²) in [6.45, 7) is -0.370. The van der Waals surface area contributed by atoms with Gasteiger partial charge in [0, 0.05) is 47.7 Å². The minimum Gasteiger partial charge on any atom is -0.493 e. The van der Waals surface area contributed by atoms with Crippen LogP contribution >= 0.6 is 0 Å². The Morgan fingerprint density at radius 3 is 2.71 bits per heavy atom. The number of H-pyrrole nitrogens is 1. The van der Waals surface area contributed by atoms with Gasteiger partial charge in [-0.1, -0.05) is 6.07 Å². The van der Waals surface area contributed by atoms with E-state index in [0.29, 0.717) is 28.3 Å². The number of aromatic nitrogens is 4. The summed E-state index contributed by atoms with van der Waals surface area (Å²) in [7, 11) is 4.85. The second-order valence-electron chi connectivity index (χ2n) is 7.76. The highest BCUT2D eigenvalue weighted by atomic mass is 16.5. The summed E-state index contributed by atoms with van der Waals surface area (Å²) >= 11 is 0. The molecule has 4 rings (SSSR count). The van der Waals surface area contributed by atoms with Crippen LogP contribution in [0.1, 0.15) is 17.2 Å². The number of carbonyl (C=O) groups is 1. The number of ether oxygens (including phenoxy) is 2. The fraction of sp³-hybridized carbons (Fsp3) is 0.200. The highest BCUT2D eigenvalue weighted by Gasteiger charge is 2.19. The van der Waals surface area contributed by atoms with Crippen molar-refractivity contribution in [2.24, 2.45) is 7.05 Å². The molecule has 0 aliphatic carbocycles. The van der Waals surface area contributed by atoms with Crippen LogP contribution in [-0.4, -0.2) is 51.6 Å². The van der Waals surface area contributed by atoms with E-state index < -0.39 is 11.9 Å². The minimum absolute atomic E-state index is 0.114.